The maximum Gasteiger partial charge on any atom is 0.247 e. The summed E-state index contributed by atoms with van der Waals surface area (Å²) in [6.45, 7) is 2.20. The summed E-state index contributed by atoms with van der Waals surface area (Å²) in [6, 6.07) is 10.7. The maximum absolute atomic E-state index is 12.9. The van der Waals surface area contributed by atoms with E-state index in [0.717, 1.165) is 30.5 Å². The van der Waals surface area contributed by atoms with Crippen molar-refractivity contribution < 1.29 is 9.59 Å². The van der Waals surface area contributed by atoms with Crippen molar-refractivity contribution in [3.8, 4) is 6.07 Å². The van der Waals surface area contributed by atoms with Gasteiger partial charge in [0.05, 0.1) is 16.5 Å². The van der Waals surface area contributed by atoms with Crippen LogP contribution in [0, 0.1) is 17.2 Å². The fourth-order valence-corrected chi connectivity index (χ4v) is 4.91. The molecule has 4 rings (SSSR count). The quantitative estimate of drug-likeness (QED) is 0.709. The van der Waals surface area contributed by atoms with Gasteiger partial charge in [-0.05, 0) is 61.1 Å². The van der Waals surface area contributed by atoms with E-state index in [4.69, 9.17) is 16.6 Å². The minimum atomic E-state index is -0.580. The molecule has 7 heteroatoms. The van der Waals surface area contributed by atoms with Gasteiger partial charge in [0.25, 0.3) is 0 Å². The fourth-order valence-electron chi connectivity index (χ4n) is 3.69. The van der Waals surface area contributed by atoms with Gasteiger partial charge >= 0.3 is 0 Å². The number of pyridine rings is 1. The van der Waals surface area contributed by atoms with Gasteiger partial charge in [-0.3, -0.25) is 9.59 Å². The van der Waals surface area contributed by atoms with Crippen molar-refractivity contribution in [2.75, 3.05) is 4.90 Å². The summed E-state index contributed by atoms with van der Waals surface area (Å²) in [5, 5.41) is 10.1. The molecule has 1 fully saturated rings. The molecule has 142 valence electrons. The summed E-state index contributed by atoms with van der Waals surface area (Å²) in [7, 11) is 0. The monoisotopic (exact) mass is 411 g/mol. The number of nitriles is 1. The number of carbonyl (C=O) groups excluding carboxylic acids is 2. The standard InChI is InChI=1S/C21H18ClN3O2S/c1-12-2-7-17-13(8-12)9-14(11-23)20(24-17)28-18-10-19(26)25(21(18)27)16-5-3-15(22)4-6-16/h3-6,9,12,18H,2,7-8,10H2,1H3. The fraction of sp³-hybridized carbons (Fsp3) is 0.333. The molecule has 2 aliphatic rings. The smallest absolute Gasteiger partial charge is 0.247 e. The second-order valence-electron chi connectivity index (χ2n) is 7.26. The molecule has 1 aliphatic heterocycles. The minimum absolute atomic E-state index is 0.0901. The van der Waals surface area contributed by atoms with Crippen LogP contribution in [0.25, 0.3) is 0 Å². The van der Waals surface area contributed by atoms with Gasteiger partial charge < -0.3 is 0 Å². The predicted molar refractivity (Wildman–Crippen MR) is 108 cm³/mol. The Bertz CT molecular complexity index is 1000. The van der Waals surface area contributed by atoms with E-state index >= 15 is 0 Å². The molecule has 2 atom stereocenters. The third kappa shape index (κ3) is 3.52. The van der Waals surface area contributed by atoms with Crippen LogP contribution < -0.4 is 4.90 Å². The van der Waals surface area contributed by atoms with E-state index < -0.39 is 5.25 Å². The number of imide groups is 1. The molecule has 2 heterocycles. The number of nitrogens with zero attached hydrogens (tertiary/aromatic N) is 3. The second kappa shape index (κ2) is 7.57. The molecule has 5 nitrogen and oxygen atoms in total. The lowest BCUT2D eigenvalue weighted by Crippen LogP contribution is -2.31. The molecule has 2 amide bonds. The first-order chi connectivity index (χ1) is 13.5. The summed E-state index contributed by atoms with van der Waals surface area (Å²) in [5.74, 6) is 0.0470. The molecular formula is C21H18ClN3O2S. The summed E-state index contributed by atoms with van der Waals surface area (Å²) >= 11 is 7.11. The van der Waals surface area contributed by atoms with Crippen LogP contribution in [0.5, 0.6) is 0 Å². The lowest BCUT2D eigenvalue weighted by Gasteiger charge is -2.22. The van der Waals surface area contributed by atoms with Crippen LogP contribution in [0.1, 0.15) is 36.6 Å². The highest BCUT2D eigenvalue weighted by atomic mass is 35.5. The Labute approximate surface area is 172 Å². The number of hydrogen-bond donors (Lipinski definition) is 0. The summed E-state index contributed by atoms with van der Waals surface area (Å²) in [6.07, 6.45) is 2.96. The highest BCUT2D eigenvalue weighted by molar-refractivity contribution is 8.00. The molecule has 0 bridgehead atoms. The third-order valence-corrected chi connectivity index (χ3v) is 6.60. The van der Waals surface area contributed by atoms with E-state index in [1.165, 1.54) is 16.7 Å². The third-order valence-electron chi connectivity index (χ3n) is 5.16. The van der Waals surface area contributed by atoms with Crippen molar-refractivity contribution in [1.82, 2.24) is 4.98 Å². The molecule has 1 aromatic heterocycles. The number of amides is 2. The number of aromatic nitrogens is 1. The lowest BCUT2D eigenvalue weighted by atomic mass is 9.87. The molecular weight excluding hydrogens is 394 g/mol. The number of anilines is 1. The molecule has 2 unspecified atom stereocenters. The highest BCUT2D eigenvalue weighted by Gasteiger charge is 2.41. The SMILES string of the molecule is CC1CCc2nc(SC3CC(=O)N(c4ccc(Cl)cc4)C3=O)c(C#N)cc2C1. The van der Waals surface area contributed by atoms with E-state index in [1.807, 2.05) is 6.07 Å². The summed E-state index contributed by atoms with van der Waals surface area (Å²) < 4.78 is 0. The normalized spacial score (nSPS) is 21.5. The average molecular weight is 412 g/mol. The van der Waals surface area contributed by atoms with Gasteiger partial charge in [0.2, 0.25) is 11.8 Å². The van der Waals surface area contributed by atoms with Crippen molar-refractivity contribution in [3.05, 3.63) is 52.2 Å². The number of carbonyl (C=O) groups is 2. The Balaban J connectivity index is 1.60. The van der Waals surface area contributed by atoms with Crippen molar-refractivity contribution >= 4 is 40.9 Å². The number of halogens is 1. The van der Waals surface area contributed by atoms with Crippen LogP contribution in [0.15, 0.2) is 35.4 Å². The minimum Gasteiger partial charge on any atom is -0.274 e. The van der Waals surface area contributed by atoms with Gasteiger partial charge in [-0.15, -0.1) is 0 Å². The van der Waals surface area contributed by atoms with Gasteiger partial charge in [-0.2, -0.15) is 5.26 Å². The molecule has 0 N–H and O–H groups in total. The molecule has 1 aliphatic carbocycles. The molecule has 0 radical (unpaired) electrons. The Kier molecular flexibility index (Phi) is 5.13. The molecule has 0 saturated carbocycles. The second-order valence-corrected chi connectivity index (χ2v) is 8.89. The molecule has 1 aromatic carbocycles. The molecule has 28 heavy (non-hydrogen) atoms. The first-order valence-electron chi connectivity index (χ1n) is 9.18. The van der Waals surface area contributed by atoms with Crippen LogP contribution in [0.3, 0.4) is 0 Å². The van der Waals surface area contributed by atoms with Gasteiger partial charge in [-0.25, -0.2) is 9.88 Å². The van der Waals surface area contributed by atoms with Crippen LogP contribution in [-0.4, -0.2) is 22.0 Å². The maximum atomic E-state index is 12.9. The van der Waals surface area contributed by atoms with E-state index in [1.54, 1.807) is 24.3 Å². The van der Waals surface area contributed by atoms with Crippen molar-refractivity contribution in [2.45, 2.75) is 42.9 Å². The van der Waals surface area contributed by atoms with E-state index in [9.17, 15) is 14.9 Å². The van der Waals surface area contributed by atoms with E-state index in [-0.39, 0.29) is 18.2 Å². The molecule has 0 spiro atoms. The van der Waals surface area contributed by atoms with Crippen molar-refractivity contribution in [2.24, 2.45) is 5.92 Å². The number of benzene rings is 1. The Morgan fingerprint density at radius 1 is 1.25 bits per heavy atom. The Morgan fingerprint density at radius 3 is 2.71 bits per heavy atom. The lowest BCUT2D eigenvalue weighted by molar-refractivity contribution is -0.121. The van der Waals surface area contributed by atoms with Crippen molar-refractivity contribution in [1.29, 1.82) is 5.26 Å². The zero-order chi connectivity index (χ0) is 19.8. The average Bonchev–Trinajstić information content (AvgIpc) is 2.95. The molecule has 1 saturated heterocycles. The number of hydrogen-bond acceptors (Lipinski definition) is 5. The first kappa shape index (κ1) is 19.0. The van der Waals surface area contributed by atoms with Crippen LogP contribution in [0.4, 0.5) is 5.69 Å². The van der Waals surface area contributed by atoms with Crippen molar-refractivity contribution in [3.63, 3.8) is 0 Å². The topological polar surface area (TPSA) is 74.1 Å². The van der Waals surface area contributed by atoms with Gasteiger partial charge in [0.15, 0.2) is 0 Å². The summed E-state index contributed by atoms with van der Waals surface area (Å²) in [5.41, 5.74) is 3.11. The largest absolute Gasteiger partial charge is 0.274 e. The van der Waals surface area contributed by atoms with Crippen LogP contribution in [0.2, 0.25) is 5.02 Å². The highest BCUT2D eigenvalue weighted by Crippen LogP contribution is 2.36. The number of thioether (sulfide) groups is 1. The van der Waals surface area contributed by atoms with Gasteiger partial charge in [0, 0.05) is 17.1 Å². The zero-order valence-electron chi connectivity index (χ0n) is 15.3. The van der Waals surface area contributed by atoms with Gasteiger partial charge in [0.1, 0.15) is 11.1 Å². The first-order valence-corrected chi connectivity index (χ1v) is 10.4. The summed E-state index contributed by atoms with van der Waals surface area (Å²) in [4.78, 5) is 31.2. The molecule has 2 aromatic rings. The Morgan fingerprint density at radius 2 is 2.00 bits per heavy atom. The predicted octanol–water partition coefficient (Wildman–Crippen LogP) is 4.16. The van der Waals surface area contributed by atoms with E-state index in [2.05, 4.69) is 13.0 Å². The number of aryl methyl sites for hydroxylation is 1. The number of rotatable bonds is 3. The van der Waals surface area contributed by atoms with Gasteiger partial charge in [-0.1, -0.05) is 30.3 Å². The Hall–Kier alpha value is -2.36. The van der Waals surface area contributed by atoms with Crippen LogP contribution >= 0.6 is 23.4 Å². The van der Waals surface area contributed by atoms with E-state index in [0.29, 0.717) is 27.2 Å². The van der Waals surface area contributed by atoms with Crippen LogP contribution in [-0.2, 0) is 22.4 Å². The zero-order valence-corrected chi connectivity index (χ0v) is 16.9. The number of fused-ring (bicyclic) bond motifs is 1.